The maximum atomic E-state index is 13.8. The average molecular weight is 595 g/mol. The molecule has 0 heterocycles. The lowest BCUT2D eigenvalue weighted by atomic mass is 10.1. The Kier molecular flexibility index (Phi) is 10.4. The summed E-state index contributed by atoms with van der Waals surface area (Å²) >= 11 is 12.4. The Morgan fingerprint density at radius 3 is 2.10 bits per heavy atom. The second kappa shape index (κ2) is 13.3. The zero-order valence-corrected chi connectivity index (χ0v) is 24.1. The molecule has 0 fully saturated rings. The summed E-state index contributed by atoms with van der Waals surface area (Å²) in [4.78, 5) is 28.1. The standard InChI is InChI=1S/C28H30Cl2FN3O4S/c1-4-19(2)32-28(36)20(3)33(17-21-10-12-24(31)13-11-21)27(35)18-34(25-15-22(29)14-23(30)16-25)39(37,38)26-8-6-5-7-9-26/h5-16,19-20H,4,17-18H2,1-3H3,(H,32,36)/t19-,20-/m0/s1. The van der Waals surface area contributed by atoms with E-state index in [-0.39, 0.29) is 33.2 Å². The van der Waals surface area contributed by atoms with E-state index in [9.17, 15) is 22.4 Å². The first-order valence-electron chi connectivity index (χ1n) is 12.3. The summed E-state index contributed by atoms with van der Waals surface area (Å²) in [6.07, 6.45) is 0.684. The van der Waals surface area contributed by atoms with Crippen LogP contribution in [0.3, 0.4) is 0 Å². The Morgan fingerprint density at radius 2 is 1.54 bits per heavy atom. The first-order chi connectivity index (χ1) is 18.4. The van der Waals surface area contributed by atoms with Crippen LogP contribution >= 0.6 is 23.2 Å². The highest BCUT2D eigenvalue weighted by atomic mass is 35.5. The third-order valence-corrected chi connectivity index (χ3v) is 8.40. The number of carbonyl (C=O) groups excluding carboxylic acids is 2. The van der Waals surface area contributed by atoms with Crippen molar-refractivity contribution in [2.45, 2.75) is 50.7 Å². The van der Waals surface area contributed by atoms with Crippen LogP contribution in [-0.2, 0) is 26.2 Å². The van der Waals surface area contributed by atoms with Crippen LogP contribution in [0.1, 0.15) is 32.8 Å². The number of amides is 2. The van der Waals surface area contributed by atoms with Crippen LogP contribution in [0.15, 0.2) is 77.7 Å². The highest BCUT2D eigenvalue weighted by Gasteiger charge is 2.33. The molecule has 0 unspecified atom stereocenters. The fourth-order valence-electron chi connectivity index (χ4n) is 3.77. The largest absolute Gasteiger partial charge is 0.352 e. The summed E-state index contributed by atoms with van der Waals surface area (Å²) in [6, 6.07) is 16.3. The van der Waals surface area contributed by atoms with Crippen molar-refractivity contribution in [3.05, 3.63) is 94.2 Å². The van der Waals surface area contributed by atoms with Gasteiger partial charge < -0.3 is 10.2 Å². The van der Waals surface area contributed by atoms with Gasteiger partial charge in [0.25, 0.3) is 10.0 Å². The summed E-state index contributed by atoms with van der Waals surface area (Å²) in [5.74, 6) is -1.50. The number of carbonyl (C=O) groups is 2. The minimum absolute atomic E-state index is 0.0402. The number of rotatable bonds is 11. The SMILES string of the molecule is CC[C@H](C)NC(=O)[C@H](C)N(Cc1ccc(F)cc1)C(=O)CN(c1cc(Cl)cc(Cl)c1)S(=O)(=O)c1ccccc1. The van der Waals surface area contributed by atoms with Crippen molar-refractivity contribution in [2.75, 3.05) is 10.8 Å². The van der Waals surface area contributed by atoms with E-state index in [1.807, 2.05) is 13.8 Å². The maximum Gasteiger partial charge on any atom is 0.264 e. The highest BCUT2D eigenvalue weighted by molar-refractivity contribution is 7.92. The second-order valence-electron chi connectivity index (χ2n) is 9.09. The molecule has 0 aliphatic heterocycles. The predicted octanol–water partition coefficient (Wildman–Crippen LogP) is 5.66. The van der Waals surface area contributed by atoms with Crippen molar-refractivity contribution in [3.63, 3.8) is 0 Å². The number of hydrogen-bond donors (Lipinski definition) is 1. The fraction of sp³-hybridized carbons (Fsp3) is 0.286. The van der Waals surface area contributed by atoms with Crippen molar-refractivity contribution in [1.82, 2.24) is 10.2 Å². The lowest BCUT2D eigenvalue weighted by Crippen LogP contribution is -2.52. The number of nitrogens with zero attached hydrogens (tertiary/aromatic N) is 2. The van der Waals surface area contributed by atoms with Crippen LogP contribution in [0.2, 0.25) is 10.0 Å². The van der Waals surface area contributed by atoms with Gasteiger partial charge in [-0.2, -0.15) is 0 Å². The number of halogens is 3. The van der Waals surface area contributed by atoms with E-state index in [1.54, 1.807) is 25.1 Å². The Morgan fingerprint density at radius 1 is 0.949 bits per heavy atom. The van der Waals surface area contributed by atoms with Crippen molar-refractivity contribution < 1.29 is 22.4 Å². The zero-order valence-electron chi connectivity index (χ0n) is 21.8. The first-order valence-corrected chi connectivity index (χ1v) is 14.5. The quantitative estimate of drug-likeness (QED) is 0.311. The van der Waals surface area contributed by atoms with Crippen molar-refractivity contribution in [3.8, 4) is 0 Å². The predicted molar refractivity (Wildman–Crippen MR) is 152 cm³/mol. The van der Waals surface area contributed by atoms with Gasteiger partial charge in [-0.1, -0.05) is 60.5 Å². The molecule has 0 saturated heterocycles. The van der Waals surface area contributed by atoms with Gasteiger partial charge in [-0.25, -0.2) is 12.8 Å². The molecule has 0 spiro atoms. The summed E-state index contributed by atoms with van der Waals surface area (Å²) in [6.45, 7) is 4.62. The number of hydrogen-bond acceptors (Lipinski definition) is 4. The molecule has 3 aromatic rings. The zero-order chi connectivity index (χ0) is 28.7. The maximum absolute atomic E-state index is 13.8. The highest BCUT2D eigenvalue weighted by Crippen LogP contribution is 2.30. The molecule has 2 amide bonds. The second-order valence-corrected chi connectivity index (χ2v) is 11.8. The van der Waals surface area contributed by atoms with E-state index >= 15 is 0 Å². The van der Waals surface area contributed by atoms with Crippen LogP contribution in [0, 0.1) is 5.82 Å². The van der Waals surface area contributed by atoms with Crippen molar-refractivity contribution >= 4 is 50.7 Å². The van der Waals surface area contributed by atoms with Crippen LogP contribution in [0.25, 0.3) is 0 Å². The smallest absolute Gasteiger partial charge is 0.264 e. The van der Waals surface area contributed by atoms with Crippen LogP contribution in [0.4, 0.5) is 10.1 Å². The normalized spacial score (nSPS) is 12.9. The fourth-order valence-corrected chi connectivity index (χ4v) is 5.70. The van der Waals surface area contributed by atoms with E-state index in [0.717, 1.165) is 4.31 Å². The lowest BCUT2D eigenvalue weighted by molar-refractivity contribution is -0.139. The molecular formula is C28H30Cl2FN3O4S. The Balaban J connectivity index is 2.04. The van der Waals surface area contributed by atoms with E-state index in [0.29, 0.717) is 12.0 Å². The molecule has 0 aromatic heterocycles. The summed E-state index contributed by atoms with van der Waals surface area (Å²) in [5, 5.41) is 3.22. The molecule has 3 aromatic carbocycles. The number of benzene rings is 3. The number of nitrogens with one attached hydrogen (secondary N) is 1. The topological polar surface area (TPSA) is 86.8 Å². The van der Waals surface area contributed by atoms with Crippen LogP contribution in [0.5, 0.6) is 0 Å². The van der Waals surface area contributed by atoms with Gasteiger partial charge in [0.15, 0.2) is 0 Å². The van der Waals surface area contributed by atoms with Gasteiger partial charge >= 0.3 is 0 Å². The average Bonchev–Trinajstić information content (AvgIpc) is 2.90. The molecule has 11 heteroatoms. The van der Waals surface area contributed by atoms with Gasteiger partial charge in [0.05, 0.1) is 10.6 Å². The van der Waals surface area contributed by atoms with Gasteiger partial charge in [-0.05, 0) is 68.3 Å². The summed E-state index contributed by atoms with van der Waals surface area (Å²) < 4.78 is 41.9. The Bertz CT molecular complexity index is 1390. The molecule has 7 nitrogen and oxygen atoms in total. The Labute approximate surface area is 238 Å². The third-order valence-electron chi connectivity index (χ3n) is 6.18. The Hall–Kier alpha value is -3.14. The van der Waals surface area contributed by atoms with Crippen LogP contribution < -0.4 is 9.62 Å². The van der Waals surface area contributed by atoms with Gasteiger partial charge in [0, 0.05) is 22.6 Å². The van der Waals surface area contributed by atoms with Gasteiger partial charge in [-0.3, -0.25) is 13.9 Å². The van der Waals surface area contributed by atoms with E-state index in [2.05, 4.69) is 5.32 Å². The number of anilines is 1. The molecule has 0 saturated carbocycles. The minimum Gasteiger partial charge on any atom is -0.352 e. The monoisotopic (exact) mass is 593 g/mol. The number of sulfonamides is 1. The van der Waals surface area contributed by atoms with E-state index < -0.39 is 40.2 Å². The third kappa shape index (κ3) is 7.94. The van der Waals surface area contributed by atoms with Crippen LogP contribution in [-0.4, -0.2) is 43.8 Å². The molecule has 2 atom stereocenters. The van der Waals surface area contributed by atoms with Gasteiger partial charge in [-0.15, -0.1) is 0 Å². The molecule has 0 aliphatic rings. The molecule has 0 radical (unpaired) electrons. The van der Waals surface area contributed by atoms with E-state index in [4.69, 9.17) is 23.2 Å². The molecule has 39 heavy (non-hydrogen) atoms. The van der Waals surface area contributed by atoms with E-state index in [1.165, 1.54) is 59.5 Å². The summed E-state index contributed by atoms with van der Waals surface area (Å²) in [7, 11) is -4.25. The lowest BCUT2D eigenvalue weighted by Gasteiger charge is -2.32. The molecule has 208 valence electrons. The molecule has 0 aliphatic carbocycles. The molecule has 0 bridgehead atoms. The molecule has 3 rings (SSSR count). The molecule has 1 N–H and O–H groups in total. The van der Waals surface area contributed by atoms with Crippen molar-refractivity contribution in [1.29, 1.82) is 0 Å². The first kappa shape index (κ1) is 30.4. The van der Waals surface area contributed by atoms with Crippen molar-refractivity contribution in [2.24, 2.45) is 0 Å². The molecular weight excluding hydrogens is 564 g/mol. The van der Waals surface area contributed by atoms with Gasteiger partial charge in [0.2, 0.25) is 11.8 Å². The summed E-state index contributed by atoms with van der Waals surface area (Å²) in [5.41, 5.74) is 0.652. The minimum atomic E-state index is -4.25. The van der Waals surface area contributed by atoms with Gasteiger partial charge in [0.1, 0.15) is 18.4 Å².